The van der Waals surface area contributed by atoms with Crippen LogP contribution >= 0.6 is 0 Å². The monoisotopic (exact) mass is 676 g/mol. The Bertz CT molecular complexity index is 2250. The average molecular weight is 677 g/mol. The molecule has 0 atom stereocenters. The second-order valence-corrected chi connectivity index (χ2v) is 13.5. The maximum Gasteiger partial charge on any atom is 0.290 e. The summed E-state index contributed by atoms with van der Waals surface area (Å²) in [4.78, 5) is 33.9. The van der Waals surface area contributed by atoms with Crippen molar-refractivity contribution < 1.29 is 14.2 Å². The zero-order valence-electron chi connectivity index (χ0n) is 28.1. The van der Waals surface area contributed by atoms with Crippen molar-refractivity contribution in [1.82, 2.24) is 29.4 Å². The second kappa shape index (κ2) is 13.2. The quantitative estimate of drug-likeness (QED) is 0.244. The fraction of sp³-hybridized carbons (Fsp3) is 0.351. The maximum atomic E-state index is 15.4. The maximum absolute atomic E-state index is 15.4. The van der Waals surface area contributed by atoms with E-state index in [0.717, 1.165) is 49.4 Å². The van der Waals surface area contributed by atoms with Crippen molar-refractivity contribution in [2.24, 2.45) is 7.05 Å². The molecule has 2 aliphatic rings. The van der Waals surface area contributed by atoms with E-state index in [1.807, 2.05) is 18.3 Å². The van der Waals surface area contributed by atoms with Crippen molar-refractivity contribution in [3.8, 4) is 23.0 Å². The zero-order valence-corrected chi connectivity index (χ0v) is 28.1. The van der Waals surface area contributed by atoms with Gasteiger partial charge in [0.1, 0.15) is 17.3 Å². The minimum Gasteiger partial charge on any atom is -0.392 e. The standard InChI is InChI=1S/C37H37FN8O4/c1-37(2,21-39)25-13-24-17-41-46(36(49)34(24)29(38)14-25)32-6-4-5-27(28(32)18-47)30-15-31(35(48)44(3)43-30)42-33-8-7-23(16-40-33)22-9-11-45(12-10-22)26-19-50-20-26/h4-8,13-17,22,26,47H,9-12,18-20H2,1-3H3,(H,40,42). The van der Waals surface area contributed by atoms with Crippen LogP contribution in [0.3, 0.4) is 0 Å². The van der Waals surface area contributed by atoms with Gasteiger partial charge in [0.2, 0.25) is 0 Å². The van der Waals surface area contributed by atoms with Crippen LogP contribution in [0.2, 0.25) is 0 Å². The molecular formula is C37H37FN8O4. The molecule has 13 heteroatoms. The molecule has 2 saturated heterocycles. The third-order valence-corrected chi connectivity index (χ3v) is 9.90. The van der Waals surface area contributed by atoms with Crippen LogP contribution in [-0.2, 0) is 23.8 Å². The summed E-state index contributed by atoms with van der Waals surface area (Å²) >= 11 is 0. The molecule has 2 aromatic carbocycles. The van der Waals surface area contributed by atoms with E-state index in [1.54, 1.807) is 44.2 Å². The van der Waals surface area contributed by atoms with Crippen LogP contribution in [0, 0.1) is 17.1 Å². The highest BCUT2D eigenvalue weighted by Crippen LogP contribution is 2.32. The van der Waals surface area contributed by atoms with Crippen LogP contribution in [0.1, 0.15) is 49.3 Å². The first kappa shape index (κ1) is 33.2. The summed E-state index contributed by atoms with van der Waals surface area (Å²) in [5.74, 6) is 0.150. The molecule has 5 aromatic rings. The number of ether oxygens (including phenoxy) is 1. The molecule has 3 aromatic heterocycles. The molecule has 0 unspecified atom stereocenters. The molecule has 5 heterocycles. The molecule has 2 aliphatic heterocycles. The first-order chi connectivity index (χ1) is 24.1. The highest BCUT2D eigenvalue weighted by Gasteiger charge is 2.30. The molecule has 12 nitrogen and oxygen atoms in total. The van der Waals surface area contributed by atoms with Gasteiger partial charge in [-0.05, 0) is 87.2 Å². The molecule has 256 valence electrons. The summed E-state index contributed by atoms with van der Waals surface area (Å²) in [5.41, 5.74) is 1.07. The van der Waals surface area contributed by atoms with Gasteiger partial charge in [-0.2, -0.15) is 20.1 Å². The molecule has 0 aliphatic carbocycles. The number of halogens is 1. The van der Waals surface area contributed by atoms with Crippen molar-refractivity contribution in [3.63, 3.8) is 0 Å². The number of aliphatic hydroxyl groups is 1. The van der Waals surface area contributed by atoms with Crippen molar-refractivity contribution in [1.29, 1.82) is 5.26 Å². The van der Waals surface area contributed by atoms with Gasteiger partial charge in [-0.3, -0.25) is 14.5 Å². The largest absolute Gasteiger partial charge is 0.392 e. The first-order valence-corrected chi connectivity index (χ1v) is 16.6. The highest BCUT2D eigenvalue weighted by atomic mass is 19.1. The summed E-state index contributed by atoms with van der Waals surface area (Å²) in [6, 6.07) is 15.9. The number of benzene rings is 2. The lowest BCUT2D eigenvalue weighted by atomic mass is 9.85. The van der Waals surface area contributed by atoms with Crippen LogP contribution < -0.4 is 16.4 Å². The number of aliphatic hydroxyl groups excluding tert-OH is 1. The van der Waals surface area contributed by atoms with Crippen molar-refractivity contribution in [2.45, 2.75) is 50.7 Å². The number of anilines is 2. The summed E-state index contributed by atoms with van der Waals surface area (Å²) in [5, 5.41) is 32.1. The van der Waals surface area contributed by atoms with Gasteiger partial charge in [0, 0.05) is 29.8 Å². The number of piperidine rings is 1. The number of hydrogen-bond acceptors (Lipinski definition) is 10. The van der Waals surface area contributed by atoms with Gasteiger partial charge in [-0.15, -0.1) is 0 Å². The van der Waals surface area contributed by atoms with E-state index >= 15 is 4.39 Å². The Kier molecular flexibility index (Phi) is 8.77. The molecule has 2 fully saturated rings. The molecular weight excluding hydrogens is 639 g/mol. The van der Waals surface area contributed by atoms with Crippen molar-refractivity contribution in [2.75, 3.05) is 31.6 Å². The Morgan fingerprint density at radius 3 is 2.52 bits per heavy atom. The smallest absolute Gasteiger partial charge is 0.290 e. The molecule has 2 N–H and O–H groups in total. The number of likely N-dealkylation sites (tertiary alicyclic amines) is 1. The van der Waals surface area contributed by atoms with E-state index in [2.05, 4.69) is 31.5 Å². The third-order valence-electron chi connectivity index (χ3n) is 9.90. The van der Waals surface area contributed by atoms with E-state index in [0.29, 0.717) is 40.2 Å². The normalized spacial score (nSPS) is 15.9. The molecule has 0 amide bonds. The SMILES string of the molecule is Cn1nc(-c2cccc(-n3ncc4cc(C(C)(C)C#N)cc(F)c4c3=O)c2CO)cc(Nc2ccc(C3CCN(C4COC4)CC3)cn2)c1=O. The van der Waals surface area contributed by atoms with Gasteiger partial charge in [0.05, 0.1) is 60.3 Å². The van der Waals surface area contributed by atoms with Crippen LogP contribution in [0.5, 0.6) is 0 Å². The minimum atomic E-state index is -0.971. The van der Waals surface area contributed by atoms with Gasteiger partial charge in [0.25, 0.3) is 11.1 Å². The van der Waals surface area contributed by atoms with Crippen LogP contribution in [-0.4, -0.2) is 66.9 Å². The Labute approximate surface area is 287 Å². The van der Waals surface area contributed by atoms with Crippen LogP contribution in [0.4, 0.5) is 15.9 Å². The first-order valence-electron chi connectivity index (χ1n) is 16.6. The number of nitrogens with zero attached hydrogens (tertiary/aromatic N) is 7. The van der Waals surface area contributed by atoms with E-state index in [1.165, 1.54) is 24.0 Å². The number of nitriles is 1. The van der Waals surface area contributed by atoms with Crippen molar-refractivity contribution in [3.05, 3.63) is 104 Å². The highest BCUT2D eigenvalue weighted by molar-refractivity contribution is 5.83. The summed E-state index contributed by atoms with van der Waals surface area (Å²) in [6.07, 6.45) is 5.34. The number of aromatic nitrogens is 5. The second-order valence-electron chi connectivity index (χ2n) is 13.5. The van der Waals surface area contributed by atoms with Gasteiger partial charge in [-0.1, -0.05) is 18.2 Å². The fourth-order valence-electron chi connectivity index (χ4n) is 6.73. The Morgan fingerprint density at radius 1 is 1.08 bits per heavy atom. The summed E-state index contributed by atoms with van der Waals surface area (Å²) in [6.45, 7) is 6.55. The number of hydrogen-bond donors (Lipinski definition) is 2. The molecule has 50 heavy (non-hydrogen) atoms. The molecule has 7 rings (SSSR count). The molecule has 0 radical (unpaired) electrons. The van der Waals surface area contributed by atoms with E-state index in [-0.39, 0.29) is 27.7 Å². The zero-order chi connectivity index (χ0) is 35.2. The third kappa shape index (κ3) is 6.06. The van der Waals surface area contributed by atoms with Crippen LogP contribution in [0.25, 0.3) is 27.7 Å². The topological polar surface area (TPSA) is 151 Å². The Balaban J connectivity index is 1.18. The van der Waals surface area contributed by atoms with Gasteiger partial charge < -0.3 is 15.2 Å². The summed E-state index contributed by atoms with van der Waals surface area (Å²) < 4.78 is 23.0. The molecule has 0 spiro atoms. The van der Waals surface area contributed by atoms with E-state index < -0.39 is 23.4 Å². The predicted octanol–water partition coefficient (Wildman–Crippen LogP) is 4.30. The number of nitrogens with one attached hydrogen (secondary N) is 1. The number of pyridine rings is 1. The van der Waals surface area contributed by atoms with Gasteiger partial charge in [-0.25, -0.2) is 14.1 Å². The van der Waals surface area contributed by atoms with Crippen LogP contribution in [0.15, 0.2) is 70.5 Å². The predicted molar refractivity (Wildman–Crippen MR) is 186 cm³/mol. The lowest BCUT2D eigenvalue weighted by molar-refractivity contribution is -0.0712. The van der Waals surface area contributed by atoms with Gasteiger partial charge >= 0.3 is 0 Å². The number of fused-ring (bicyclic) bond motifs is 1. The Morgan fingerprint density at radius 2 is 1.86 bits per heavy atom. The Hall–Kier alpha value is -5.29. The molecule has 0 saturated carbocycles. The van der Waals surface area contributed by atoms with Crippen molar-refractivity contribution >= 4 is 22.3 Å². The lowest BCUT2D eigenvalue weighted by Gasteiger charge is -2.41. The summed E-state index contributed by atoms with van der Waals surface area (Å²) in [7, 11) is 1.53. The number of rotatable bonds is 8. The average Bonchev–Trinajstić information content (AvgIpc) is 3.09. The molecule has 0 bridgehead atoms. The number of aryl methyl sites for hydroxylation is 1. The van der Waals surface area contributed by atoms with E-state index in [4.69, 9.17) is 4.74 Å². The van der Waals surface area contributed by atoms with Gasteiger partial charge in [0.15, 0.2) is 0 Å². The lowest BCUT2D eigenvalue weighted by Crippen LogP contribution is -2.51. The fourth-order valence-corrected chi connectivity index (χ4v) is 6.73. The van der Waals surface area contributed by atoms with E-state index in [9.17, 15) is 20.0 Å². The minimum absolute atomic E-state index is 0.189.